The van der Waals surface area contributed by atoms with Crippen LogP contribution in [0.1, 0.15) is 49.4 Å². The molecule has 6 heteroatoms. The molecule has 1 atom stereocenters. The zero-order valence-corrected chi connectivity index (χ0v) is 15.7. The molecule has 3 aliphatic rings. The number of fused-ring (bicyclic) bond motifs is 1. The first-order valence-corrected chi connectivity index (χ1v) is 9.86. The van der Waals surface area contributed by atoms with Crippen molar-refractivity contribution in [3.63, 3.8) is 0 Å². The molecule has 0 aromatic carbocycles. The molecule has 0 saturated carbocycles. The first-order valence-electron chi connectivity index (χ1n) is 9.86. The summed E-state index contributed by atoms with van der Waals surface area (Å²) in [5.41, 5.74) is 3.22. The van der Waals surface area contributed by atoms with Gasteiger partial charge in [0.25, 0.3) is 0 Å². The summed E-state index contributed by atoms with van der Waals surface area (Å²) in [6, 6.07) is 0. The number of amides is 1. The molecular formula is C20H29N3O3. The number of hydrogen-bond donors (Lipinski definition) is 0. The van der Waals surface area contributed by atoms with Crippen molar-refractivity contribution in [3.05, 3.63) is 29.4 Å². The number of ether oxygens (including phenoxy) is 2. The van der Waals surface area contributed by atoms with Crippen LogP contribution in [-0.2, 0) is 27.9 Å². The lowest BCUT2D eigenvalue weighted by Crippen LogP contribution is -2.41. The van der Waals surface area contributed by atoms with E-state index in [0.717, 1.165) is 69.7 Å². The minimum atomic E-state index is 0.188. The van der Waals surface area contributed by atoms with Gasteiger partial charge in [0, 0.05) is 50.6 Å². The highest BCUT2D eigenvalue weighted by Crippen LogP contribution is 2.30. The summed E-state index contributed by atoms with van der Waals surface area (Å²) in [5, 5.41) is 0. The van der Waals surface area contributed by atoms with E-state index in [0.29, 0.717) is 19.1 Å². The zero-order valence-electron chi connectivity index (χ0n) is 15.7. The van der Waals surface area contributed by atoms with Gasteiger partial charge in [-0.3, -0.25) is 4.79 Å². The van der Waals surface area contributed by atoms with Gasteiger partial charge in [0.05, 0.1) is 25.2 Å². The molecule has 26 heavy (non-hydrogen) atoms. The molecule has 0 spiro atoms. The van der Waals surface area contributed by atoms with Gasteiger partial charge in [0.2, 0.25) is 5.91 Å². The lowest BCUT2D eigenvalue weighted by molar-refractivity contribution is -0.128. The molecule has 142 valence electrons. The normalized spacial score (nSPS) is 23.8. The third kappa shape index (κ3) is 3.71. The van der Waals surface area contributed by atoms with Crippen LogP contribution < -0.4 is 0 Å². The van der Waals surface area contributed by atoms with Gasteiger partial charge in [-0.05, 0) is 38.0 Å². The molecule has 2 aliphatic heterocycles. The largest absolute Gasteiger partial charge is 0.381 e. The van der Waals surface area contributed by atoms with E-state index < -0.39 is 0 Å². The molecular weight excluding hydrogens is 330 g/mol. The first kappa shape index (κ1) is 17.7. The van der Waals surface area contributed by atoms with Gasteiger partial charge < -0.3 is 18.9 Å². The van der Waals surface area contributed by atoms with Crippen molar-refractivity contribution in [1.29, 1.82) is 0 Å². The quantitative estimate of drug-likeness (QED) is 0.810. The van der Waals surface area contributed by atoms with E-state index in [1.165, 1.54) is 5.69 Å². The summed E-state index contributed by atoms with van der Waals surface area (Å²) in [7, 11) is 2.04. The third-order valence-electron chi connectivity index (χ3n) is 5.85. The van der Waals surface area contributed by atoms with Crippen molar-refractivity contribution < 1.29 is 14.3 Å². The Labute approximate surface area is 155 Å². The van der Waals surface area contributed by atoms with Crippen molar-refractivity contribution >= 4 is 5.91 Å². The van der Waals surface area contributed by atoms with Crippen LogP contribution in [0.15, 0.2) is 18.0 Å². The van der Waals surface area contributed by atoms with Gasteiger partial charge in [-0.2, -0.15) is 0 Å². The SMILES string of the molecule is Cn1cnc2c1[C@@H](COCC1CCOCC1)CN(C(=O)C1=CCCC1)C2. The second-order valence-corrected chi connectivity index (χ2v) is 7.78. The van der Waals surface area contributed by atoms with E-state index in [1.807, 2.05) is 18.3 Å². The Hall–Kier alpha value is -1.66. The number of nitrogens with zero attached hydrogens (tertiary/aromatic N) is 3. The van der Waals surface area contributed by atoms with Crippen LogP contribution in [0.5, 0.6) is 0 Å². The fraction of sp³-hybridized carbons (Fsp3) is 0.700. The molecule has 6 nitrogen and oxygen atoms in total. The maximum Gasteiger partial charge on any atom is 0.249 e. The van der Waals surface area contributed by atoms with Gasteiger partial charge in [-0.25, -0.2) is 4.98 Å². The number of aromatic nitrogens is 2. The Morgan fingerprint density at radius 2 is 2.19 bits per heavy atom. The Morgan fingerprint density at radius 3 is 2.96 bits per heavy atom. The van der Waals surface area contributed by atoms with Crippen molar-refractivity contribution in [3.8, 4) is 0 Å². The Bertz CT molecular complexity index is 676. The molecule has 3 heterocycles. The van der Waals surface area contributed by atoms with Crippen LogP contribution in [0.25, 0.3) is 0 Å². The molecule has 0 N–H and O–H groups in total. The summed E-state index contributed by atoms with van der Waals surface area (Å²) in [6.45, 7) is 4.46. The number of rotatable bonds is 5. The van der Waals surface area contributed by atoms with E-state index in [1.54, 1.807) is 0 Å². The molecule has 0 unspecified atom stereocenters. The molecule has 1 saturated heterocycles. The summed E-state index contributed by atoms with van der Waals surface area (Å²) >= 11 is 0. The second-order valence-electron chi connectivity index (χ2n) is 7.78. The number of imidazole rings is 1. The third-order valence-corrected chi connectivity index (χ3v) is 5.85. The van der Waals surface area contributed by atoms with Crippen LogP contribution in [0.2, 0.25) is 0 Å². The molecule has 1 aliphatic carbocycles. The smallest absolute Gasteiger partial charge is 0.249 e. The number of carbonyl (C=O) groups excluding carboxylic acids is 1. The number of carbonyl (C=O) groups is 1. The molecule has 1 aromatic rings. The lowest BCUT2D eigenvalue weighted by Gasteiger charge is -2.33. The highest BCUT2D eigenvalue weighted by molar-refractivity contribution is 5.94. The second kappa shape index (κ2) is 7.92. The Morgan fingerprint density at radius 1 is 1.35 bits per heavy atom. The van der Waals surface area contributed by atoms with E-state index >= 15 is 0 Å². The maximum atomic E-state index is 12.9. The number of aryl methyl sites for hydroxylation is 1. The zero-order chi connectivity index (χ0) is 17.9. The van der Waals surface area contributed by atoms with Crippen molar-refractivity contribution in [2.45, 2.75) is 44.6 Å². The fourth-order valence-corrected chi connectivity index (χ4v) is 4.38. The van der Waals surface area contributed by atoms with Crippen LogP contribution in [0, 0.1) is 5.92 Å². The molecule has 0 radical (unpaired) electrons. The summed E-state index contributed by atoms with van der Waals surface area (Å²) < 4.78 is 13.6. The molecule has 0 bridgehead atoms. The van der Waals surface area contributed by atoms with Crippen molar-refractivity contribution in [1.82, 2.24) is 14.5 Å². The average molecular weight is 359 g/mol. The summed E-state index contributed by atoms with van der Waals surface area (Å²) in [6.07, 6.45) is 9.17. The molecule has 1 aromatic heterocycles. The van der Waals surface area contributed by atoms with Crippen molar-refractivity contribution in [2.75, 3.05) is 33.0 Å². The van der Waals surface area contributed by atoms with Crippen LogP contribution >= 0.6 is 0 Å². The topological polar surface area (TPSA) is 56.6 Å². The van der Waals surface area contributed by atoms with Crippen LogP contribution in [0.4, 0.5) is 0 Å². The van der Waals surface area contributed by atoms with Gasteiger partial charge in [0.15, 0.2) is 0 Å². The van der Waals surface area contributed by atoms with E-state index in [4.69, 9.17) is 9.47 Å². The van der Waals surface area contributed by atoms with E-state index in [2.05, 4.69) is 15.6 Å². The summed E-state index contributed by atoms with van der Waals surface area (Å²) in [5.74, 6) is 0.977. The molecule has 1 fully saturated rings. The van der Waals surface area contributed by atoms with Crippen molar-refractivity contribution in [2.24, 2.45) is 13.0 Å². The van der Waals surface area contributed by atoms with Crippen LogP contribution in [-0.4, -0.2) is 53.3 Å². The minimum Gasteiger partial charge on any atom is -0.381 e. The van der Waals surface area contributed by atoms with Gasteiger partial charge in [-0.15, -0.1) is 0 Å². The number of hydrogen-bond acceptors (Lipinski definition) is 4. The van der Waals surface area contributed by atoms with Gasteiger partial charge >= 0.3 is 0 Å². The standard InChI is InChI=1S/C20H29N3O3/c1-22-14-21-18-11-23(20(24)16-4-2-3-5-16)10-17(19(18)22)13-26-12-15-6-8-25-9-7-15/h4,14-15,17H,2-3,5-13H2,1H3/t17-/m1/s1. The van der Waals surface area contributed by atoms with E-state index in [-0.39, 0.29) is 11.8 Å². The van der Waals surface area contributed by atoms with Crippen LogP contribution in [0.3, 0.4) is 0 Å². The first-order chi connectivity index (χ1) is 12.7. The minimum absolute atomic E-state index is 0.188. The highest BCUT2D eigenvalue weighted by atomic mass is 16.5. The summed E-state index contributed by atoms with van der Waals surface area (Å²) in [4.78, 5) is 19.4. The number of allylic oxidation sites excluding steroid dienone is 1. The maximum absolute atomic E-state index is 12.9. The Kier molecular flexibility index (Phi) is 5.41. The van der Waals surface area contributed by atoms with Gasteiger partial charge in [-0.1, -0.05) is 6.08 Å². The monoisotopic (exact) mass is 359 g/mol. The average Bonchev–Trinajstić information content (AvgIpc) is 3.32. The molecule has 4 rings (SSSR count). The highest BCUT2D eigenvalue weighted by Gasteiger charge is 2.33. The lowest BCUT2D eigenvalue weighted by atomic mass is 9.97. The Balaban J connectivity index is 1.41. The molecule has 1 amide bonds. The van der Waals surface area contributed by atoms with Gasteiger partial charge in [0.1, 0.15) is 0 Å². The fourth-order valence-electron chi connectivity index (χ4n) is 4.38. The predicted molar refractivity (Wildman–Crippen MR) is 97.7 cm³/mol. The predicted octanol–water partition coefficient (Wildman–Crippen LogP) is 2.40. The van der Waals surface area contributed by atoms with E-state index in [9.17, 15) is 4.79 Å².